The van der Waals surface area contributed by atoms with Gasteiger partial charge in [-0.2, -0.15) is 0 Å². The van der Waals surface area contributed by atoms with E-state index in [2.05, 4.69) is 24.4 Å². The van der Waals surface area contributed by atoms with E-state index in [0.29, 0.717) is 6.61 Å². The summed E-state index contributed by atoms with van der Waals surface area (Å²) >= 11 is 0. The maximum atomic E-state index is 5.82. The largest absolute Gasteiger partial charge is 0.497 e. The summed E-state index contributed by atoms with van der Waals surface area (Å²) in [6.45, 7) is 3.81. The topological polar surface area (TPSA) is 30.5 Å². The van der Waals surface area contributed by atoms with Crippen LogP contribution in [0.15, 0.2) is 24.3 Å². The van der Waals surface area contributed by atoms with Crippen molar-refractivity contribution in [1.29, 1.82) is 0 Å². The fraction of sp³-hybridized carbons (Fsp3) is 0.667. The number of hydrogen-bond acceptors (Lipinski definition) is 3. The van der Waals surface area contributed by atoms with Crippen LogP contribution in [0.5, 0.6) is 5.75 Å². The second-order valence-corrected chi connectivity index (χ2v) is 5.46. The molecule has 3 heteroatoms. The lowest BCUT2D eigenvalue weighted by Gasteiger charge is -2.17. The molecule has 0 amide bonds. The van der Waals surface area contributed by atoms with Crippen molar-refractivity contribution < 1.29 is 9.47 Å². The van der Waals surface area contributed by atoms with Crippen molar-refractivity contribution in [2.75, 3.05) is 27.4 Å². The monoisotopic (exact) mass is 293 g/mol. The van der Waals surface area contributed by atoms with Crippen LogP contribution in [0.3, 0.4) is 0 Å². The first kappa shape index (κ1) is 18.0. The molecule has 0 aliphatic rings. The first-order chi connectivity index (χ1) is 10.3. The van der Waals surface area contributed by atoms with E-state index in [1.165, 1.54) is 37.7 Å². The normalized spacial score (nSPS) is 12.3. The summed E-state index contributed by atoms with van der Waals surface area (Å²) in [6, 6.07) is 8.38. The molecule has 1 aromatic rings. The third-order valence-corrected chi connectivity index (χ3v) is 3.77. The van der Waals surface area contributed by atoms with E-state index in [4.69, 9.17) is 9.47 Å². The van der Waals surface area contributed by atoms with E-state index in [9.17, 15) is 0 Å². The third-order valence-electron chi connectivity index (χ3n) is 3.77. The molecule has 3 nitrogen and oxygen atoms in total. The van der Waals surface area contributed by atoms with Gasteiger partial charge in [0.2, 0.25) is 0 Å². The molecular formula is C18H31NO2. The molecule has 0 aliphatic carbocycles. The van der Waals surface area contributed by atoms with E-state index in [1.54, 1.807) is 7.11 Å². The Morgan fingerprint density at radius 3 is 2.57 bits per heavy atom. The van der Waals surface area contributed by atoms with Crippen LogP contribution in [0.1, 0.15) is 57.1 Å². The van der Waals surface area contributed by atoms with Gasteiger partial charge in [0.15, 0.2) is 0 Å². The summed E-state index contributed by atoms with van der Waals surface area (Å²) in [4.78, 5) is 0. The van der Waals surface area contributed by atoms with Crippen LogP contribution in [0.4, 0.5) is 0 Å². The van der Waals surface area contributed by atoms with Gasteiger partial charge in [0.25, 0.3) is 0 Å². The second kappa shape index (κ2) is 11.6. The van der Waals surface area contributed by atoms with Gasteiger partial charge in [-0.1, -0.05) is 51.2 Å². The predicted molar refractivity (Wildman–Crippen MR) is 89.0 cm³/mol. The molecular weight excluding hydrogens is 262 g/mol. The second-order valence-electron chi connectivity index (χ2n) is 5.46. The fourth-order valence-corrected chi connectivity index (χ4v) is 2.39. The molecule has 0 radical (unpaired) electrons. The van der Waals surface area contributed by atoms with Gasteiger partial charge in [-0.15, -0.1) is 0 Å². The number of ether oxygens (including phenoxy) is 2. The predicted octanol–water partition coefficient (Wildman–Crippen LogP) is 4.33. The lowest BCUT2D eigenvalue weighted by molar-refractivity contribution is 0.110. The van der Waals surface area contributed by atoms with Gasteiger partial charge in [-0.25, -0.2) is 0 Å². The summed E-state index contributed by atoms with van der Waals surface area (Å²) in [7, 11) is 3.67. The molecule has 1 atom stereocenters. The van der Waals surface area contributed by atoms with Crippen LogP contribution in [-0.2, 0) is 4.74 Å². The highest BCUT2D eigenvalue weighted by molar-refractivity contribution is 5.30. The maximum Gasteiger partial charge on any atom is 0.119 e. The molecule has 0 saturated heterocycles. The quantitative estimate of drug-likeness (QED) is 0.582. The maximum absolute atomic E-state index is 5.82. The summed E-state index contributed by atoms with van der Waals surface area (Å²) in [5.74, 6) is 0.892. The smallest absolute Gasteiger partial charge is 0.119 e. The van der Waals surface area contributed by atoms with Gasteiger partial charge in [0.1, 0.15) is 5.75 Å². The van der Waals surface area contributed by atoms with Crippen LogP contribution < -0.4 is 10.1 Å². The molecule has 1 unspecified atom stereocenters. The third kappa shape index (κ3) is 7.49. The average molecular weight is 293 g/mol. The molecule has 0 heterocycles. The van der Waals surface area contributed by atoms with E-state index in [-0.39, 0.29) is 6.04 Å². The minimum atomic E-state index is 0.222. The van der Waals surface area contributed by atoms with Crippen molar-refractivity contribution in [2.24, 2.45) is 0 Å². The molecule has 1 aromatic carbocycles. The molecule has 1 N–H and O–H groups in total. The highest BCUT2D eigenvalue weighted by atomic mass is 16.5. The summed E-state index contributed by atoms with van der Waals surface area (Å²) in [5, 5.41) is 3.31. The van der Waals surface area contributed by atoms with Crippen LogP contribution in [0.25, 0.3) is 0 Å². The summed E-state index contributed by atoms with van der Waals surface area (Å²) in [6.07, 6.45) is 7.81. The number of likely N-dealkylation sites (N-methyl/N-ethyl adjacent to an activating group) is 1. The van der Waals surface area contributed by atoms with Crippen LogP contribution >= 0.6 is 0 Å². The Balaban J connectivity index is 2.22. The molecule has 0 aliphatic heterocycles. The molecule has 120 valence electrons. The van der Waals surface area contributed by atoms with Gasteiger partial charge in [0, 0.05) is 6.61 Å². The Labute approximate surface area is 130 Å². The molecule has 0 spiro atoms. The van der Waals surface area contributed by atoms with E-state index < -0.39 is 0 Å². The first-order valence-corrected chi connectivity index (χ1v) is 8.20. The zero-order valence-electron chi connectivity index (χ0n) is 13.9. The van der Waals surface area contributed by atoms with Gasteiger partial charge in [-0.3, -0.25) is 0 Å². The number of benzene rings is 1. The Morgan fingerprint density at radius 2 is 1.86 bits per heavy atom. The number of unbranched alkanes of at least 4 members (excludes halogenated alkanes) is 5. The van der Waals surface area contributed by atoms with Gasteiger partial charge in [0.05, 0.1) is 19.8 Å². The Bertz CT molecular complexity index is 368. The van der Waals surface area contributed by atoms with Crippen molar-refractivity contribution in [3.63, 3.8) is 0 Å². The van der Waals surface area contributed by atoms with Crippen molar-refractivity contribution in [2.45, 2.75) is 51.5 Å². The zero-order valence-corrected chi connectivity index (χ0v) is 13.9. The highest BCUT2D eigenvalue weighted by Crippen LogP contribution is 2.19. The lowest BCUT2D eigenvalue weighted by atomic mass is 10.1. The number of hydrogen-bond donors (Lipinski definition) is 1. The Morgan fingerprint density at radius 1 is 1.10 bits per heavy atom. The Hall–Kier alpha value is -1.06. The fourth-order valence-electron chi connectivity index (χ4n) is 2.39. The first-order valence-electron chi connectivity index (χ1n) is 8.20. The van der Waals surface area contributed by atoms with Crippen molar-refractivity contribution in [3.05, 3.63) is 29.8 Å². The summed E-state index contributed by atoms with van der Waals surface area (Å²) in [5.41, 5.74) is 1.21. The Kier molecular flexibility index (Phi) is 9.92. The van der Waals surface area contributed by atoms with Crippen LogP contribution in [0.2, 0.25) is 0 Å². The van der Waals surface area contributed by atoms with E-state index in [1.807, 2.05) is 19.2 Å². The van der Waals surface area contributed by atoms with E-state index >= 15 is 0 Å². The van der Waals surface area contributed by atoms with Gasteiger partial charge >= 0.3 is 0 Å². The van der Waals surface area contributed by atoms with Crippen molar-refractivity contribution in [1.82, 2.24) is 5.32 Å². The number of rotatable bonds is 12. The van der Waals surface area contributed by atoms with Crippen LogP contribution in [0, 0.1) is 0 Å². The van der Waals surface area contributed by atoms with Gasteiger partial charge in [-0.05, 0) is 31.2 Å². The molecule has 0 aromatic heterocycles. The number of methoxy groups -OCH3 is 1. The van der Waals surface area contributed by atoms with Crippen molar-refractivity contribution >= 4 is 0 Å². The molecule has 0 bridgehead atoms. The molecule has 0 fully saturated rings. The van der Waals surface area contributed by atoms with E-state index in [0.717, 1.165) is 18.8 Å². The highest BCUT2D eigenvalue weighted by Gasteiger charge is 2.09. The minimum absolute atomic E-state index is 0.222. The SMILES string of the molecule is CCCCCCCCOCC(NC)c1cccc(OC)c1. The van der Waals surface area contributed by atoms with Crippen LogP contribution in [-0.4, -0.2) is 27.4 Å². The molecule has 21 heavy (non-hydrogen) atoms. The minimum Gasteiger partial charge on any atom is -0.497 e. The number of nitrogens with one attached hydrogen (secondary N) is 1. The zero-order chi connectivity index (χ0) is 15.3. The van der Waals surface area contributed by atoms with Gasteiger partial charge < -0.3 is 14.8 Å². The molecule has 1 rings (SSSR count). The summed E-state index contributed by atoms with van der Waals surface area (Å²) < 4.78 is 11.1. The molecule has 0 saturated carbocycles. The average Bonchev–Trinajstić information content (AvgIpc) is 2.53. The standard InChI is InChI=1S/C18H31NO2/c1-4-5-6-7-8-9-13-21-15-18(19-2)16-11-10-12-17(14-16)20-3/h10-12,14,18-19H,4-9,13,15H2,1-3H3. The van der Waals surface area contributed by atoms with Crippen molar-refractivity contribution in [3.8, 4) is 5.75 Å². The lowest BCUT2D eigenvalue weighted by Crippen LogP contribution is -2.22.